The maximum Gasteiger partial charge on any atom is 0.308 e. The summed E-state index contributed by atoms with van der Waals surface area (Å²) in [7, 11) is -3.85. The summed E-state index contributed by atoms with van der Waals surface area (Å²) in [5, 5.41) is 0. The van der Waals surface area contributed by atoms with E-state index in [1.165, 1.54) is 16.7 Å². The summed E-state index contributed by atoms with van der Waals surface area (Å²) in [5.41, 5.74) is 1.53. The zero-order valence-corrected chi connectivity index (χ0v) is 18.5. The molecule has 0 unspecified atom stereocenters. The molecule has 4 rings (SSSR count). The number of hydrogen-bond donors (Lipinski definition) is 1. The second kappa shape index (κ2) is 8.77. The lowest BCUT2D eigenvalue weighted by Crippen LogP contribution is -2.41. The molecule has 0 atom stereocenters. The summed E-state index contributed by atoms with van der Waals surface area (Å²) >= 11 is 0.959. The molecular weight excluding hydrogens is 440 g/mol. The third-order valence-electron chi connectivity index (χ3n) is 5.01. The number of hydrogen-bond acceptors (Lipinski definition) is 7. The molecule has 1 amide bonds. The van der Waals surface area contributed by atoms with Gasteiger partial charge in [-0.05, 0) is 36.8 Å². The van der Waals surface area contributed by atoms with E-state index in [1.54, 1.807) is 29.3 Å². The number of fused-ring (bicyclic) bond motifs is 1. The predicted octanol–water partition coefficient (Wildman–Crippen LogP) is 1.82. The van der Waals surface area contributed by atoms with Crippen LogP contribution in [0.5, 0.6) is 0 Å². The maximum absolute atomic E-state index is 12.7. The lowest BCUT2D eigenvalue weighted by molar-refractivity contribution is -0.135. The molecule has 3 heterocycles. The predicted molar refractivity (Wildman–Crippen MR) is 118 cm³/mol. The molecule has 1 fully saturated rings. The largest absolute Gasteiger partial charge is 0.378 e. The van der Waals surface area contributed by atoms with Gasteiger partial charge in [-0.1, -0.05) is 17.4 Å². The Labute approximate surface area is 183 Å². The Bertz CT molecular complexity index is 1260. The van der Waals surface area contributed by atoms with Gasteiger partial charge in [-0.25, -0.2) is 13.4 Å². The Hall–Kier alpha value is -2.76. The van der Waals surface area contributed by atoms with Gasteiger partial charge in [0.1, 0.15) is 5.82 Å². The molecule has 9 nitrogen and oxygen atoms in total. The van der Waals surface area contributed by atoms with Gasteiger partial charge in [0.05, 0.1) is 28.3 Å². The van der Waals surface area contributed by atoms with Gasteiger partial charge in [-0.3, -0.25) is 18.9 Å². The molecule has 1 N–H and O–H groups in total. The summed E-state index contributed by atoms with van der Waals surface area (Å²) in [4.78, 5) is 30.5. The molecular formula is C20H22N4O5S2. The van der Waals surface area contributed by atoms with Crippen molar-refractivity contribution < 1.29 is 17.9 Å². The topological polar surface area (TPSA) is 111 Å². The highest BCUT2D eigenvalue weighted by Crippen LogP contribution is 2.23. The van der Waals surface area contributed by atoms with Crippen LogP contribution in [0.15, 0.2) is 46.2 Å². The Morgan fingerprint density at radius 3 is 2.71 bits per heavy atom. The minimum atomic E-state index is -3.85. The van der Waals surface area contributed by atoms with E-state index >= 15 is 0 Å². The highest BCUT2D eigenvalue weighted by molar-refractivity contribution is 7.92. The molecule has 1 aliphatic rings. The number of aromatic nitrogens is 2. The van der Waals surface area contributed by atoms with Gasteiger partial charge in [0, 0.05) is 32.3 Å². The zero-order chi connectivity index (χ0) is 22.0. The Balaban J connectivity index is 1.53. The molecule has 1 aromatic carbocycles. The summed E-state index contributed by atoms with van der Waals surface area (Å²) in [5.74, 6) is 0.196. The normalized spacial score (nSPS) is 14.7. The Morgan fingerprint density at radius 2 is 2.00 bits per heavy atom. The standard InChI is InChI=1S/C20H22N4O5S2/c1-14-2-5-18(21-13-14)22-31(27,28)15-3-4-16-17(12-15)30-20(26)24(16)7-6-19(25)23-8-10-29-11-9-23/h2-5,12-13H,6-11H2,1H3,(H,21,22). The lowest BCUT2D eigenvalue weighted by Gasteiger charge is -2.26. The number of carbonyl (C=O) groups is 1. The smallest absolute Gasteiger partial charge is 0.308 e. The van der Waals surface area contributed by atoms with Crippen LogP contribution in [0.2, 0.25) is 0 Å². The van der Waals surface area contributed by atoms with E-state index in [2.05, 4.69) is 9.71 Å². The first-order valence-corrected chi connectivity index (χ1v) is 12.1. The van der Waals surface area contributed by atoms with Crippen LogP contribution in [-0.4, -0.2) is 55.1 Å². The molecule has 0 bridgehead atoms. The monoisotopic (exact) mass is 462 g/mol. The lowest BCUT2D eigenvalue weighted by atomic mass is 10.3. The van der Waals surface area contributed by atoms with Gasteiger partial charge in [0.25, 0.3) is 10.0 Å². The third kappa shape index (κ3) is 4.78. The molecule has 1 saturated heterocycles. The average molecular weight is 463 g/mol. The van der Waals surface area contributed by atoms with Crippen LogP contribution in [0.4, 0.5) is 5.82 Å². The number of benzene rings is 1. The van der Waals surface area contributed by atoms with E-state index in [4.69, 9.17) is 4.74 Å². The van der Waals surface area contributed by atoms with Gasteiger partial charge in [0.2, 0.25) is 5.91 Å². The van der Waals surface area contributed by atoms with Crippen molar-refractivity contribution in [1.29, 1.82) is 0 Å². The molecule has 0 saturated carbocycles. The minimum Gasteiger partial charge on any atom is -0.378 e. The number of anilines is 1. The highest BCUT2D eigenvalue weighted by Gasteiger charge is 2.20. The minimum absolute atomic E-state index is 0.0245. The quantitative estimate of drug-likeness (QED) is 0.598. The second-order valence-corrected chi connectivity index (χ2v) is 9.89. The number of morpholine rings is 1. The summed E-state index contributed by atoms with van der Waals surface area (Å²) in [6.45, 7) is 4.27. The number of pyridine rings is 1. The molecule has 0 aliphatic carbocycles. The first-order valence-electron chi connectivity index (χ1n) is 9.78. The van der Waals surface area contributed by atoms with Gasteiger partial charge in [-0.2, -0.15) is 0 Å². The van der Waals surface area contributed by atoms with E-state index in [1.807, 2.05) is 6.92 Å². The maximum atomic E-state index is 12.7. The van der Waals surface area contributed by atoms with E-state index in [9.17, 15) is 18.0 Å². The van der Waals surface area contributed by atoms with Crippen LogP contribution in [0.1, 0.15) is 12.0 Å². The summed E-state index contributed by atoms with van der Waals surface area (Å²) in [6, 6.07) is 7.87. The van der Waals surface area contributed by atoms with Crippen molar-refractivity contribution in [3.05, 3.63) is 51.8 Å². The number of rotatable bonds is 6. The van der Waals surface area contributed by atoms with Crippen LogP contribution in [0, 0.1) is 6.92 Å². The van der Waals surface area contributed by atoms with Crippen LogP contribution >= 0.6 is 11.3 Å². The van der Waals surface area contributed by atoms with Crippen molar-refractivity contribution in [1.82, 2.24) is 14.5 Å². The number of nitrogens with one attached hydrogen (secondary N) is 1. The number of aryl methyl sites for hydroxylation is 2. The fraction of sp³-hybridized carbons (Fsp3) is 0.350. The van der Waals surface area contributed by atoms with Gasteiger partial charge in [0.15, 0.2) is 0 Å². The van der Waals surface area contributed by atoms with Crippen molar-refractivity contribution in [3.63, 3.8) is 0 Å². The molecule has 2 aromatic heterocycles. The molecule has 0 spiro atoms. The van der Waals surface area contributed by atoms with Crippen molar-refractivity contribution in [3.8, 4) is 0 Å². The average Bonchev–Trinajstić information content (AvgIpc) is 3.08. The summed E-state index contributed by atoms with van der Waals surface area (Å²) < 4.78 is 35.2. The van der Waals surface area contributed by atoms with Gasteiger partial charge >= 0.3 is 4.87 Å². The van der Waals surface area contributed by atoms with E-state index < -0.39 is 10.0 Å². The molecule has 11 heteroatoms. The van der Waals surface area contributed by atoms with Crippen LogP contribution in [0.25, 0.3) is 10.2 Å². The van der Waals surface area contributed by atoms with Crippen molar-refractivity contribution in [2.75, 3.05) is 31.0 Å². The highest BCUT2D eigenvalue weighted by atomic mass is 32.2. The number of ether oxygens (including phenoxy) is 1. The van der Waals surface area contributed by atoms with Crippen molar-refractivity contribution >= 4 is 43.3 Å². The SMILES string of the molecule is Cc1ccc(NS(=O)(=O)c2ccc3c(c2)sc(=O)n3CCC(=O)N2CCOCC2)nc1. The van der Waals surface area contributed by atoms with Crippen molar-refractivity contribution in [2.24, 2.45) is 0 Å². The van der Waals surface area contributed by atoms with Crippen molar-refractivity contribution in [2.45, 2.75) is 24.8 Å². The number of thiazole rings is 1. The second-order valence-electron chi connectivity index (χ2n) is 7.22. The third-order valence-corrected chi connectivity index (χ3v) is 7.31. The number of nitrogens with zero attached hydrogens (tertiary/aromatic N) is 3. The van der Waals surface area contributed by atoms with E-state index in [0.29, 0.717) is 36.5 Å². The first-order chi connectivity index (χ1) is 14.8. The molecule has 1 aliphatic heterocycles. The molecule has 31 heavy (non-hydrogen) atoms. The number of amides is 1. The molecule has 0 radical (unpaired) electrons. The fourth-order valence-electron chi connectivity index (χ4n) is 3.33. The fourth-order valence-corrected chi connectivity index (χ4v) is 5.39. The summed E-state index contributed by atoms with van der Waals surface area (Å²) in [6.07, 6.45) is 1.78. The molecule has 3 aromatic rings. The first kappa shape index (κ1) is 21.5. The molecule has 164 valence electrons. The van der Waals surface area contributed by atoms with E-state index in [0.717, 1.165) is 16.9 Å². The van der Waals surface area contributed by atoms with Crippen LogP contribution in [-0.2, 0) is 26.1 Å². The van der Waals surface area contributed by atoms with E-state index in [-0.39, 0.29) is 34.5 Å². The van der Waals surface area contributed by atoms with Crippen LogP contribution < -0.4 is 9.60 Å². The Kier molecular flexibility index (Phi) is 6.08. The Morgan fingerprint density at radius 1 is 1.23 bits per heavy atom. The number of sulfonamides is 1. The number of carbonyl (C=O) groups excluding carboxylic acids is 1. The van der Waals surface area contributed by atoms with Gasteiger partial charge < -0.3 is 9.64 Å². The van der Waals surface area contributed by atoms with Crippen LogP contribution in [0.3, 0.4) is 0 Å². The zero-order valence-electron chi connectivity index (χ0n) is 16.9. The van der Waals surface area contributed by atoms with Gasteiger partial charge in [-0.15, -0.1) is 0 Å².